The minimum atomic E-state index is -1.06. The lowest BCUT2D eigenvalue weighted by Gasteiger charge is -2.12. The van der Waals surface area contributed by atoms with Crippen LogP contribution in [0, 0.1) is 5.92 Å². The van der Waals surface area contributed by atoms with Gasteiger partial charge in [-0.05, 0) is 12.3 Å². The minimum absolute atomic E-state index is 0.103. The molecule has 4 heteroatoms. The van der Waals surface area contributed by atoms with Gasteiger partial charge in [0.2, 0.25) is 6.08 Å². The lowest BCUT2D eigenvalue weighted by atomic mass is 9.98. The zero-order valence-corrected chi connectivity index (χ0v) is 7.28. The molecular weight excluding hydrogens is 158 g/mol. The smallest absolute Gasteiger partial charge is 0.329 e. The van der Waals surface area contributed by atoms with Gasteiger partial charge in [-0.3, -0.25) is 0 Å². The third-order valence-electron chi connectivity index (χ3n) is 1.73. The second kappa shape index (κ2) is 5.49. The maximum atomic E-state index is 10.5. The highest BCUT2D eigenvalue weighted by atomic mass is 16.4. The largest absolute Gasteiger partial charge is 0.480 e. The summed E-state index contributed by atoms with van der Waals surface area (Å²) in [6.45, 7) is 3.73. The van der Waals surface area contributed by atoms with Crippen molar-refractivity contribution in [2.75, 3.05) is 0 Å². The molecule has 4 nitrogen and oxygen atoms in total. The van der Waals surface area contributed by atoms with Crippen molar-refractivity contribution in [2.24, 2.45) is 10.9 Å². The zero-order valence-electron chi connectivity index (χ0n) is 7.28. The van der Waals surface area contributed by atoms with E-state index in [-0.39, 0.29) is 5.92 Å². The van der Waals surface area contributed by atoms with E-state index < -0.39 is 12.0 Å². The molecule has 0 aromatic rings. The molecule has 0 aromatic carbocycles. The second-order valence-electron chi connectivity index (χ2n) is 2.77. The molecule has 0 radical (unpaired) electrons. The molecule has 2 unspecified atom stereocenters. The van der Waals surface area contributed by atoms with Crippen molar-refractivity contribution in [1.29, 1.82) is 0 Å². The number of rotatable bonds is 5. The first kappa shape index (κ1) is 10.8. The lowest BCUT2D eigenvalue weighted by molar-refractivity contribution is -0.139. The van der Waals surface area contributed by atoms with Gasteiger partial charge in [-0.15, -0.1) is 0 Å². The van der Waals surface area contributed by atoms with E-state index in [0.29, 0.717) is 0 Å². The summed E-state index contributed by atoms with van der Waals surface area (Å²) in [5.41, 5.74) is 0. The zero-order chi connectivity index (χ0) is 9.56. The predicted molar refractivity (Wildman–Crippen MR) is 43.6 cm³/mol. The molecule has 0 spiro atoms. The highest BCUT2D eigenvalue weighted by molar-refractivity contribution is 5.75. The van der Waals surface area contributed by atoms with Crippen molar-refractivity contribution < 1.29 is 14.7 Å². The summed E-state index contributed by atoms with van der Waals surface area (Å²) in [5, 5.41) is 8.63. The van der Waals surface area contributed by atoms with Crippen LogP contribution in [0.25, 0.3) is 0 Å². The molecule has 0 fully saturated rings. The van der Waals surface area contributed by atoms with E-state index in [1.165, 1.54) is 6.08 Å². The molecule has 0 amide bonds. The van der Waals surface area contributed by atoms with Crippen LogP contribution >= 0.6 is 0 Å². The fourth-order valence-corrected chi connectivity index (χ4v) is 1.10. The Morgan fingerprint density at radius 3 is 2.58 bits per heavy atom. The molecule has 0 aliphatic heterocycles. The molecule has 68 valence electrons. The van der Waals surface area contributed by atoms with Gasteiger partial charge in [0.15, 0.2) is 6.04 Å². The van der Waals surface area contributed by atoms with Gasteiger partial charge in [-0.2, -0.15) is 4.99 Å². The Morgan fingerprint density at radius 1 is 1.67 bits per heavy atom. The second-order valence-corrected chi connectivity index (χ2v) is 2.77. The first-order chi connectivity index (χ1) is 5.63. The van der Waals surface area contributed by atoms with E-state index in [4.69, 9.17) is 5.11 Å². The van der Waals surface area contributed by atoms with Crippen LogP contribution in [0.4, 0.5) is 0 Å². The Hall–Kier alpha value is -1.15. The number of carboxylic acid groups (broad SMARTS) is 1. The third-order valence-corrected chi connectivity index (χ3v) is 1.73. The highest BCUT2D eigenvalue weighted by Crippen LogP contribution is 2.13. The maximum absolute atomic E-state index is 10.5. The van der Waals surface area contributed by atoms with Crippen LogP contribution in [0.2, 0.25) is 0 Å². The normalized spacial score (nSPS) is 14.5. The molecule has 0 bridgehead atoms. The molecule has 2 atom stereocenters. The van der Waals surface area contributed by atoms with Crippen molar-refractivity contribution in [3.05, 3.63) is 0 Å². The van der Waals surface area contributed by atoms with E-state index in [9.17, 15) is 9.59 Å². The van der Waals surface area contributed by atoms with Crippen molar-refractivity contribution in [3.8, 4) is 0 Å². The standard InChI is InChI=1S/C8H13NO3/c1-3-4-6(2)7(8(11)12)9-5-10/h6-7H,3-4H2,1-2H3,(H,11,12). The van der Waals surface area contributed by atoms with Crippen LogP contribution in [0.1, 0.15) is 26.7 Å². The van der Waals surface area contributed by atoms with E-state index in [1.807, 2.05) is 6.92 Å². The van der Waals surface area contributed by atoms with Crippen molar-refractivity contribution in [1.82, 2.24) is 0 Å². The van der Waals surface area contributed by atoms with Gasteiger partial charge in [-0.1, -0.05) is 20.3 Å². The molecule has 0 heterocycles. The number of carboxylic acids is 1. The highest BCUT2D eigenvalue weighted by Gasteiger charge is 2.22. The number of aliphatic carboxylic acids is 1. The van der Waals surface area contributed by atoms with Crippen molar-refractivity contribution in [3.63, 3.8) is 0 Å². The van der Waals surface area contributed by atoms with E-state index in [2.05, 4.69) is 4.99 Å². The molecular formula is C8H13NO3. The van der Waals surface area contributed by atoms with Crippen LogP contribution in [0.3, 0.4) is 0 Å². The summed E-state index contributed by atoms with van der Waals surface area (Å²) >= 11 is 0. The van der Waals surface area contributed by atoms with Gasteiger partial charge in [0, 0.05) is 0 Å². The third kappa shape index (κ3) is 3.30. The Morgan fingerprint density at radius 2 is 2.25 bits per heavy atom. The summed E-state index contributed by atoms with van der Waals surface area (Å²) in [5.74, 6) is -1.16. The summed E-state index contributed by atoms with van der Waals surface area (Å²) in [6, 6.07) is -0.928. The molecule has 1 N–H and O–H groups in total. The van der Waals surface area contributed by atoms with Crippen molar-refractivity contribution in [2.45, 2.75) is 32.7 Å². The lowest BCUT2D eigenvalue weighted by Crippen LogP contribution is -2.25. The van der Waals surface area contributed by atoms with Gasteiger partial charge in [-0.25, -0.2) is 9.59 Å². The summed E-state index contributed by atoms with van der Waals surface area (Å²) in [7, 11) is 0. The molecule has 0 aliphatic rings. The van der Waals surface area contributed by atoms with Crippen LogP contribution in [0.5, 0.6) is 0 Å². The number of hydrogen-bond donors (Lipinski definition) is 1. The molecule has 0 saturated heterocycles. The molecule has 0 aromatic heterocycles. The Bertz CT molecular complexity index is 194. The summed E-state index contributed by atoms with van der Waals surface area (Å²) < 4.78 is 0. The molecule has 0 rings (SSSR count). The van der Waals surface area contributed by atoms with Gasteiger partial charge in [0.05, 0.1) is 0 Å². The van der Waals surface area contributed by atoms with Crippen molar-refractivity contribution >= 4 is 12.0 Å². The Balaban J connectivity index is 4.28. The Labute approximate surface area is 71.3 Å². The fourth-order valence-electron chi connectivity index (χ4n) is 1.10. The summed E-state index contributed by atoms with van der Waals surface area (Å²) in [4.78, 5) is 23.6. The average Bonchev–Trinajstić information content (AvgIpc) is 1.99. The number of carbonyl (C=O) groups is 1. The quantitative estimate of drug-likeness (QED) is 0.499. The molecule has 12 heavy (non-hydrogen) atoms. The van der Waals surface area contributed by atoms with Gasteiger partial charge < -0.3 is 5.11 Å². The predicted octanol–water partition coefficient (Wildman–Crippen LogP) is 1.21. The Kier molecular flexibility index (Phi) is 4.97. The van der Waals surface area contributed by atoms with Gasteiger partial charge in [0.25, 0.3) is 0 Å². The maximum Gasteiger partial charge on any atom is 0.329 e. The average molecular weight is 171 g/mol. The first-order valence-electron chi connectivity index (χ1n) is 3.93. The number of nitrogens with zero attached hydrogens (tertiary/aromatic N) is 1. The monoisotopic (exact) mass is 171 g/mol. The van der Waals surface area contributed by atoms with Crippen LogP contribution in [-0.4, -0.2) is 23.2 Å². The van der Waals surface area contributed by atoms with E-state index >= 15 is 0 Å². The summed E-state index contributed by atoms with van der Waals surface area (Å²) in [6.07, 6.45) is 2.92. The van der Waals surface area contributed by atoms with Gasteiger partial charge in [0.1, 0.15) is 0 Å². The molecule has 0 saturated carbocycles. The number of isocyanates is 1. The van der Waals surface area contributed by atoms with Gasteiger partial charge >= 0.3 is 5.97 Å². The van der Waals surface area contributed by atoms with E-state index in [0.717, 1.165) is 12.8 Å². The topological polar surface area (TPSA) is 66.7 Å². The fraction of sp³-hybridized carbons (Fsp3) is 0.750. The number of hydrogen-bond acceptors (Lipinski definition) is 3. The van der Waals surface area contributed by atoms with Crippen LogP contribution in [-0.2, 0) is 9.59 Å². The first-order valence-corrected chi connectivity index (χ1v) is 3.93. The SMILES string of the molecule is CCCC(C)C(N=C=O)C(=O)O. The number of carbonyl (C=O) groups excluding carboxylic acids is 1. The van der Waals surface area contributed by atoms with E-state index in [1.54, 1.807) is 6.92 Å². The molecule has 0 aliphatic carbocycles. The van der Waals surface area contributed by atoms with Crippen LogP contribution < -0.4 is 0 Å². The van der Waals surface area contributed by atoms with Crippen LogP contribution in [0.15, 0.2) is 4.99 Å². The minimum Gasteiger partial charge on any atom is -0.480 e. The number of aliphatic imine (C=N–C) groups is 1.